The molecule has 0 spiro atoms. The highest BCUT2D eigenvalue weighted by Gasteiger charge is 2.23. The summed E-state index contributed by atoms with van der Waals surface area (Å²) in [5.74, 6) is 0.843. The van der Waals surface area contributed by atoms with Crippen LogP contribution in [0, 0.1) is 0 Å². The maximum Gasteiger partial charge on any atom is 0.326 e. The highest BCUT2D eigenvalue weighted by molar-refractivity contribution is 5.99. The number of hydrogen-bond donors (Lipinski definition) is 3. The van der Waals surface area contributed by atoms with E-state index in [1.54, 1.807) is 49.5 Å². The molecule has 0 radical (unpaired) electrons. The van der Waals surface area contributed by atoms with Crippen molar-refractivity contribution in [3.63, 3.8) is 0 Å². The second kappa shape index (κ2) is 9.29. The van der Waals surface area contributed by atoms with Gasteiger partial charge < -0.3 is 19.9 Å². The molecule has 0 saturated carbocycles. The van der Waals surface area contributed by atoms with Crippen molar-refractivity contribution in [1.82, 2.24) is 15.5 Å². The van der Waals surface area contributed by atoms with Gasteiger partial charge in [0.15, 0.2) is 0 Å². The number of carbonyl (C=O) groups is 2. The van der Waals surface area contributed by atoms with Gasteiger partial charge in [-0.15, -0.1) is 0 Å². The quantitative estimate of drug-likeness (QED) is 0.513. The van der Waals surface area contributed by atoms with Crippen molar-refractivity contribution in [2.45, 2.75) is 32.6 Å². The molecule has 9 heteroatoms. The Kier molecular flexibility index (Phi) is 6.54. The third-order valence-electron chi connectivity index (χ3n) is 4.88. The predicted octanol–water partition coefficient (Wildman–Crippen LogP) is 4.55. The monoisotopic (exact) mass is 423 g/mol. The summed E-state index contributed by atoms with van der Waals surface area (Å²) in [5.41, 5.74) is 1.65. The minimum atomic E-state index is -0.453. The fraction of sp³-hybridized carbons (Fsp3) is 0.273. The molecule has 0 bridgehead atoms. The normalized spacial score (nSPS) is 11.0. The Bertz CT molecular complexity index is 1060. The zero-order chi connectivity index (χ0) is 22.4. The van der Waals surface area contributed by atoms with Gasteiger partial charge in [-0.3, -0.25) is 10.1 Å². The van der Waals surface area contributed by atoms with E-state index in [2.05, 4.69) is 46.9 Å². The number of amides is 3. The second-order valence-electron chi connectivity index (χ2n) is 7.48. The molecule has 3 N–H and O–H groups in total. The fourth-order valence-electron chi connectivity index (χ4n) is 2.59. The zero-order valence-electron chi connectivity index (χ0n) is 17.9. The predicted molar refractivity (Wildman–Crippen MR) is 117 cm³/mol. The van der Waals surface area contributed by atoms with Gasteiger partial charge in [0.25, 0.3) is 5.91 Å². The number of rotatable bonds is 7. The van der Waals surface area contributed by atoms with Crippen LogP contribution in [0.5, 0.6) is 11.6 Å². The van der Waals surface area contributed by atoms with Gasteiger partial charge in [0.1, 0.15) is 5.75 Å². The van der Waals surface area contributed by atoms with E-state index in [-0.39, 0.29) is 23.1 Å². The van der Waals surface area contributed by atoms with E-state index in [1.165, 1.54) is 6.20 Å². The van der Waals surface area contributed by atoms with Gasteiger partial charge in [-0.1, -0.05) is 25.9 Å². The molecule has 2 aromatic heterocycles. The minimum Gasteiger partial charge on any atom is -0.439 e. The topological polar surface area (TPSA) is 118 Å². The summed E-state index contributed by atoms with van der Waals surface area (Å²) in [6.45, 7) is 6.18. The van der Waals surface area contributed by atoms with E-state index in [1.807, 2.05) is 0 Å². The second-order valence-corrected chi connectivity index (χ2v) is 7.48. The van der Waals surface area contributed by atoms with Gasteiger partial charge in [0, 0.05) is 42.0 Å². The third kappa shape index (κ3) is 5.59. The number of ether oxygens (including phenoxy) is 1. The van der Waals surface area contributed by atoms with Crippen LogP contribution < -0.4 is 20.7 Å². The van der Waals surface area contributed by atoms with Crippen LogP contribution in [0.25, 0.3) is 0 Å². The molecule has 0 aliphatic rings. The van der Waals surface area contributed by atoms with Crippen molar-refractivity contribution >= 4 is 23.5 Å². The summed E-state index contributed by atoms with van der Waals surface area (Å²) in [6, 6.07) is 11.1. The summed E-state index contributed by atoms with van der Waals surface area (Å²) in [7, 11) is 1.55. The van der Waals surface area contributed by atoms with Crippen LogP contribution in [0.1, 0.15) is 43.2 Å². The van der Waals surface area contributed by atoms with E-state index in [0.29, 0.717) is 17.0 Å². The zero-order valence-corrected chi connectivity index (χ0v) is 17.9. The molecule has 0 saturated heterocycles. The lowest BCUT2D eigenvalue weighted by Crippen LogP contribution is -2.19. The largest absolute Gasteiger partial charge is 0.439 e. The van der Waals surface area contributed by atoms with E-state index in [4.69, 9.17) is 9.26 Å². The van der Waals surface area contributed by atoms with Crippen LogP contribution in [0.15, 0.2) is 53.2 Å². The standard InChI is InChI=1S/C22H25N5O4/c1-5-22(2,3)17-13-19(31-27-17)26-21(29)25-15-6-8-16(9-7-15)30-18-12-14(10-11-24-18)20(28)23-4/h6-13H,5H2,1-4H3,(H,23,28)(H2,25,26,29). The average molecular weight is 423 g/mol. The Hall–Kier alpha value is -3.88. The number of pyridine rings is 1. The van der Waals surface area contributed by atoms with Crippen molar-refractivity contribution in [3.05, 3.63) is 59.9 Å². The molecule has 9 nitrogen and oxygen atoms in total. The first-order chi connectivity index (χ1) is 14.8. The van der Waals surface area contributed by atoms with Crippen LogP contribution in [-0.4, -0.2) is 29.1 Å². The number of hydrogen-bond acceptors (Lipinski definition) is 6. The molecule has 0 atom stereocenters. The summed E-state index contributed by atoms with van der Waals surface area (Å²) in [4.78, 5) is 28.0. The Morgan fingerprint density at radius 3 is 2.52 bits per heavy atom. The van der Waals surface area contributed by atoms with E-state index in [0.717, 1.165) is 12.1 Å². The Morgan fingerprint density at radius 1 is 1.10 bits per heavy atom. The molecule has 0 aliphatic heterocycles. The molecule has 31 heavy (non-hydrogen) atoms. The van der Waals surface area contributed by atoms with Crippen molar-refractivity contribution in [3.8, 4) is 11.6 Å². The molecule has 0 fully saturated rings. The van der Waals surface area contributed by atoms with Gasteiger partial charge in [0.05, 0.1) is 5.69 Å². The third-order valence-corrected chi connectivity index (χ3v) is 4.88. The van der Waals surface area contributed by atoms with E-state index < -0.39 is 6.03 Å². The average Bonchev–Trinajstić information content (AvgIpc) is 3.24. The number of benzene rings is 1. The van der Waals surface area contributed by atoms with Gasteiger partial charge in [-0.2, -0.15) is 0 Å². The lowest BCUT2D eigenvalue weighted by atomic mass is 9.87. The van der Waals surface area contributed by atoms with Gasteiger partial charge in [0.2, 0.25) is 11.8 Å². The summed E-state index contributed by atoms with van der Waals surface area (Å²) in [6.07, 6.45) is 2.39. The summed E-state index contributed by atoms with van der Waals surface area (Å²) >= 11 is 0. The Labute approximate surface area is 180 Å². The fourth-order valence-corrected chi connectivity index (χ4v) is 2.59. The highest BCUT2D eigenvalue weighted by Crippen LogP contribution is 2.27. The molecule has 162 valence electrons. The number of aromatic nitrogens is 2. The van der Waals surface area contributed by atoms with Crippen LogP contribution in [-0.2, 0) is 5.41 Å². The first kappa shape index (κ1) is 21.8. The lowest BCUT2D eigenvalue weighted by Gasteiger charge is -2.18. The Balaban J connectivity index is 1.58. The SMILES string of the molecule is CCC(C)(C)c1cc(NC(=O)Nc2ccc(Oc3cc(C(=O)NC)ccn3)cc2)on1. The smallest absolute Gasteiger partial charge is 0.326 e. The number of urea groups is 1. The highest BCUT2D eigenvalue weighted by atomic mass is 16.5. The van der Waals surface area contributed by atoms with Crippen molar-refractivity contribution in [2.24, 2.45) is 0 Å². The van der Waals surface area contributed by atoms with E-state index >= 15 is 0 Å². The molecular formula is C22H25N5O4. The van der Waals surface area contributed by atoms with Crippen LogP contribution in [0.4, 0.5) is 16.4 Å². The molecule has 3 aromatic rings. The van der Waals surface area contributed by atoms with Gasteiger partial charge >= 0.3 is 6.03 Å². The molecule has 0 aliphatic carbocycles. The molecule has 1 aromatic carbocycles. The van der Waals surface area contributed by atoms with Gasteiger partial charge in [-0.05, 0) is 36.8 Å². The van der Waals surface area contributed by atoms with Crippen LogP contribution >= 0.6 is 0 Å². The van der Waals surface area contributed by atoms with Crippen LogP contribution in [0.2, 0.25) is 0 Å². The first-order valence-corrected chi connectivity index (χ1v) is 9.82. The minimum absolute atomic E-state index is 0.134. The van der Waals surface area contributed by atoms with Crippen LogP contribution in [0.3, 0.4) is 0 Å². The number of anilines is 2. The number of carbonyl (C=O) groups excluding carboxylic acids is 2. The number of nitrogens with one attached hydrogen (secondary N) is 3. The molecule has 2 heterocycles. The summed E-state index contributed by atoms with van der Waals surface area (Å²) in [5, 5.41) is 11.9. The number of nitrogens with zero attached hydrogens (tertiary/aromatic N) is 2. The first-order valence-electron chi connectivity index (χ1n) is 9.82. The van der Waals surface area contributed by atoms with Crippen molar-refractivity contribution in [1.29, 1.82) is 0 Å². The van der Waals surface area contributed by atoms with Crippen molar-refractivity contribution in [2.75, 3.05) is 17.7 Å². The molecule has 3 rings (SSSR count). The van der Waals surface area contributed by atoms with Gasteiger partial charge in [-0.25, -0.2) is 9.78 Å². The molecule has 0 unspecified atom stereocenters. The Morgan fingerprint density at radius 2 is 1.84 bits per heavy atom. The van der Waals surface area contributed by atoms with Crippen molar-refractivity contribution < 1.29 is 18.8 Å². The maximum atomic E-state index is 12.2. The van der Waals surface area contributed by atoms with E-state index in [9.17, 15) is 9.59 Å². The maximum absolute atomic E-state index is 12.2. The molecule has 3 amide bonds. The lowest BCUT2D eigenvalue weighted by molar-refractivity contribution is 0.0962. The summed E-state index contributed by atoms with van der Waals surface area (Å²) < 4.78 is 10.9. The molecular weight excluding hydrogens is 398 g/mol.